The van der Waals surface area contributed by atoms with Gasteiger partial charge in [-0.3, -0.25) is 0 Å². The van der Waals surface area contributed by atoms with Crippen molar-refractivity contribution in [2.75, 3.05) is 0 Å². The van der Waals surface area contributed by atoms with Crippen molar-refractivity contribution in [3.63, 3.8) is 0 Å². The summed E-state index contributed by atoms with van der Waals surface area (Å²) in [6.45, 7) is 3.72. The van der Waals surface area contributed by atoms with E-state index in [1.54, 1.807) is 24.3 Å². The van der Waals surface area contributed by atoms with E-state index in [4.69, 9.17) is 21.8 Å². The number of rotatable bonds is 0. The predicted octanol–water partition coefficient (Wildman–Crippen LogP) is 4.05. The van der Waals surface area contributed by atoms with Crippen LogP contribution >= 0.6 is 11.6 Å². The van der Waals surface area contributed by atoms with E-state index in [9.17, 15) is 0 Å². The molecular formula is C14H15ClO2. The Kier molecular flexibility index (Phi) is 4.85. The summed E-state index contributed by atoms with van der Waals surface area (Å²) in [5.41, 5.74) is 1.82. The molecule has 2 N–H and O–H groups in total. The summed E-state index contributed by atoms with van der Waals surface area (Å²) < 4.78 is 0. The number of phenolic OH excluding ortho intramolecular Hbond substituents is 2. The fourth-order valence-electron chi connectivity index (χ4n) is 1.19. The Bertz CT molecular complexity index is 474. The van der Waals surface area contributed by atoms with Gasteiger partial charge in [-0.25, -0.2) is 0 Å². The molecule has 0 saturated heterocycles. The molecule has 0 bridgehead atoms. The predicted molar refractivity (Wildman–Crippen MR) is 70.7 cm³/mol. The molecule has 2 aromatic rings. The Hall–Kier alpha value is -1.67. The van der Waals surface area contributed by atoms with Gasteiger partial charge in [-0.15, -0.1) is 0 Å². The second kappa shape index (κ2) is 6.16. The number of benzene rings is 2. The van der Waals surface area contributed by atoms with Crippen molar-refractivity contribution in [3.05, 3.63) is 58.6 Å². The lowest BCUT2D eigenvalue weighted by Gasteiger charge is -1.95. The molecular weight excluding hydrogens is 236 g/mol. The summed E-state index contributed by atoms with van der Waals surface area (Å²) >= 11 is 5.67. The van der Waals surface area contributed by atoms with Crippen LogP contribution in [0.3, 0.4) is 0 Å². The van der Waals surface area contributed by atoms with Crippen molar-refractivity contribution in [2.24, 2.45) is 0 Å². The van der Waals surface area contributed by atoms with Gasteiger partial charge in [0.1, 0.15) is 11.5 Å². The molecule has 0 aliphatic rings. The zero-order valence-electron chi connectivity index (χ0n) is 9.81. The molecule has 2 rings (SSSR count). The van der Waals surface area contributed by atoms with Crippen LogP contribution in [0.2, 0.25) is 5.02 Å². The highest BCUT2D eigenvalue weighted by molar-refractivity contribution is 6.31. The lowest BCUT2D eigenvalue weighted by molar-refractivity contribution is 0.471. The number of halogens is 1. The summed E-state index contributed by atoms with van der Waals surface area (Å²) in [7, 11) is 0. The van der Waals surface area contributed by atoms with Crippen LogP contribution in [-0.4, -0.2) is 10.2 Å². The minimum Gasteiger partial charge on any atom is -0.508 e. The van der Waals surface area contributed by atoms with Gasteiger partial charge in [-0.05, 0) is 49.2 Å². The van der Waals surface area contributed by atoms with Crippen molar-refractivity contribution < 1.29 is 10.2 Å². The number of phenols is 2. The quantitative estimate of drug-likeness (QED) is 0.740. The van der Waals surface area contributed by atoms with Gasteiger partial charge >= 0.3 is 0 Å². The second-order valence-corrected chi connectivity index (χ2v) is 4.13. The molecule has 0 radical (unpaired) electrons. The maximum atomic E-state index is 8.92. The van der Waals surface area contributed by atoms with E-state index in [2.05, 4.69) is 0 Å². The maximum absolute atomic E-state index is 8.92. The average molecular weight is 251 g/mol. The Morgan fingerprint density at radius 3 is 1.94 bits per heavy atom. The first-order chi connectivity index (χ1) is 8.00. The molecule has 3 heteroatoms. The molecule has 2 aromatic carbocycles. The van der Waals surface area contributed by atoms with E-state index in [-0.39, 0.29) is 5.75 Å². The molecule has 0 amide bonds. The SMILES string of the molecule is Cc1cc(O)ccc1Cl.Cc1ccccc1O. The summed E-state index contributed by atoms with van der Waals surface area (Å²) in [6, 6.07) is 12.1. The maximum Gasteiger partial charge on any atom is 0.118 e. The third kappa shape index (κ3) is 4.37. The first-order valence-electron chi connectivity index (χ1n) is 5.20. The fraction of sp³-hybridized carbons (Fsp3) is 0.143. The second-order valence-electron chi connectivity index (χ2n) is 3.72. The van der Waals surface area contributed by atoms with Gasteiger partial charge in [0.05, 0.1) is 0 Å². The zero-order valence-corrected chi connectivity index (χ0v) is 10.6. The van der Waals surface area contributed by atoms with Crippen LogP contribution in [0.1, 0.15) is 11.1 Å². The van der Waals surface area contributed by atoms with Crippen LogP contribution in [0.4, 0.5) is 0 Å². The van der Waals surface area contributed by atoms with E-state index in [0.717, 1.165) is 11.1 Å². The van der Waals surface area contributed by atoms with Gasteiger partial charge in [0.15, 0.2) is 0 Å². The van der Waals surface area contributed by atoms with E-state index in [1.165, 1.54) is 0 Å². The van der Waals surface area contributed by atoms with Crippen LogP contribution in [0.15, 0.2) is 42.5 Å². The summed E-state index contributed by atoms with van der Waals surface area (Å²) in [5, 5.41) is 18.5. The Morgan fingerprint density at radius 2 is 1.53 bits per heavy atom. The molecule has 0 heterocycles. The van der Waals surface area contributed by atoms with E-state index >= 15 is 0 Å². The number of aromatic hydroxyl groups is 2. The third-order valence-corrected chi connectivity index (χ3v) is 2.68. The zero-order chi connectivity index (χ0) is 12.8. The van der Waals surface area contributed by atoms with Crippen LogP contribution in [0, 0.1) is 13.8 Å². The lowest BCUT2D eigenvalue weighted by Crippen LogP contribution is -1.71. The van der Waals surface area contributed by atoms with Crippen molar-refractivity contribution >= 4 is 11.6 Å². The van der Waals surface area contributed by atoms with Crippen LogP contribution in [0.25, 0.3) is 0 Å². The number of hydrogen-bond acceptors (Lipinski definition) is 2. The molecule has 0 spiro atoms. The monoisotopic (exact) mass is 250 g/mol. The van der Waals surface area contributed by atoms with E-state index in [0.29, 0.717) is 10.8 Å². The fourth-order valence-corrected chi connectivity index (χ4v) is 1.31. The molecule has 0 aliphatic carbocycles. The van der Waals surface area contributed by atoms with E-state index in [1.807, 2.05) is 32.0 Å². The normalized spacial score (nSPS) is 9.35. The van der Waals surface area contributed by atoms with Gasteiger partial charge in [0, 0.05) is 5.02 Å². The molecule has 0 saturated carbocycles. The number of para-hydroxylation sites is 1. The molecule has 90 valence electrons. The Labute approximate surface area is 106 Å². The molecule has 0 fully saturated rings. The van der Waals surface area contributed by atoms with Crippen LogP contribution in [0.5, 0.6) is 11.5 Å². The van der Waals surface area contributed by atoms with E-state index < -0.39 is 0 Å². The van der Waals surface area contributed by atoms with Crippen molar-refractivity contribution in [2.45, 2.75) is 13.8 Å². The molecule has 17 heavy (non-hydrogen) atoms. The molecule has 0 aliphatic heterocycles. The smallest absolute Gasteiger partial charge is 0.118 e. The van der Waals surface area contributed by atoms with Crippen molar-refractivity contribution in [3.8, 4) is 11.5 Å². The summed E-state index contributed by atoms with van der Waals surface area (Å²) in [6.07, 6.45) is 0. The molecule has 0 unspecified atom stereocenters. The Balaban J connectivity index is 0.000000171. The largest absolute Gasteiger partial charge is 0.508 e. The van der Waals surface area contributed by atoms with Gasteiger partial charge in [-0.1, -0.05) is 29.8 Å². The highest BCUT2D eigenvalue weighted by atomic mass is 35.5. The number of hydrogen-bond donors (Lipinski definition) is 2. The molecule has 0 aromatic heterocycles. The van der Waals surface area contributed by atoms with Crippen LogP contribution < -0.4 is 0 Å². The summed E-state index contributed by atoms with van der Waals surface area (Å²) in [4.78, 5) is 0. The standard InChI is InChI=1S/C7H7ClO.C7H8O/c1-5-4-6(9)2-3-7(5)8;1-6-4-2-3-5-7(6)8/h2-4,9H,1H3;2-5,8H,1H3. The van der Waals surface area contributed by atoms with Gasteiger partial charge in [0.2, 0.25) is 0 Å². The molecule has 2 nitrogen and oxygen atoms in total. The van der Waals surface area contributed by atoms with Gasteiger partial charge in [-0.2, -0.15) is 0 Å². The van der Waals surface area contributed by atoms with Crippen molar-refractivity contribution in [1.29, 1.82) is 0 Å². The minimum absolute atomic E-state index is 0.261. The molecule has 0 atom stereocenters. The summed E-state index contributed by atoms with van der Waals surface area (Å²) in [5.74, 6) is 0.629. The van der Waals surface area contributed by atoms with Gasteiger partial charge < -0.3 is 10.2 Å². The number of aryl methyl sites for hydroxylation is 2. The topological polar surface area (TPSA) is 40.5 Å². The Morgan fingerprint density at radius 1 is 0.882 bits per heavy atom. The lowest BCUT2D eigenvalue weighted by atomic mass is 10.2. The van der Waals surface area contributed by atoms with Crippen molar-refractivity contribution in [1.82, 2.24) is 0 Å². The highest BCUT2D eigenvalue weighted by Gasteiger charge is 1.93. The first-order valence-corrected chi connectivity index (χ1v) is 5.58. The third-order valence-electron chi connectivity index (χ3n) is 2.26. The van der Waals surface area contributed by atoms with Gasteiger partial charge in [0.25, 0.3) is 0 Å². The van der Waals surface area contributed by atoms with Crippen LogP contribution in [-0.2, 0) is 0 Å². The average Bonchev–Trinajstić information content (AvgIpc) is 2.29. The highest BCUT2D eigenvalue weighted by Crippen LogP contribution is 2.19. The minimum atomic E-state index is 0.261. The first kappa shape index (κ1) is 13.4.